The highest BCUT2D eigenvalue weighted by Crippen LogP contribution is 2.30. The number of amides is 1. The predicted octanol–water partition coefficient (Wildman–Crippen LogP) is 5.18. The van der Waals surface area contributed by atoms with Crippen LogP contribution in [0.2, 0.25) is 5.02 Å². The Morgan fingerprint density at radius 3 is 2.49 bits per heavy atom. The first-order chi connectivity index (χ1) is 20.8. The summed E-state index contributed by atoms with van der Waals surface area (Å²) in [4.78, 5) is 19.8. The average molecular weight is 609 g/mol. The van der Waals surface area contributed by atoms with Crippen LogP contribution >= 0.6 is 11.6 Å². The summed E-state index contributed by atoms with van der Waals surface area (Å²) >= 11 is 6.34. The molecule has 2 saturated heterocycles. The molecule has 0 aliphatic carbocycles. The van der Waals surface area contributed by atoms with Crippen LogP contribution in [0.1, 0.15) is 30.9 Å². The Bertz CT molecular complexity index is 1390. The smallest absolute Gasteiger partial charge is 0.239 e. The van der Waals surface area contributed by atoms with Crippen molar-refractivity contribution in [2.45, 2.75) is 38.8 Å². The highest BCUT2D eigenvalue weighted by molar-refractivity contribution is 6.30. The van der Waals surface area contributed by atoms with Crippen molar-refractivity contribution in [3.63, 3.8) is 0 Å². The number of halogens is 2. The lowest BCUT2D eigenvalue weighted by atomic mass is 9.88. The molecule has 2 fully saturated rings. The highest BCUT2D eigenvalue weighted by Gasteiger charge is 2.33. The molecule has 9 heteroatoms. The van der Waals surface area contributed by atoms with Gasteiger partial charge in [0.1, 0.15) is 17.3 Å². The molecule has 2 heterocycles. The average Bonchev–Trinajstić information content (AvgIpc) is 3.02. The molecule has 230 valence electrons. The summed E-state index contributed by atoms with van der Waals surface area (Å²) in [5.41, 5.74) is 10.3. The van der Waals surface area contributed by atoms with Gasteiger partial charge >= 0.3 is 0 Å². The zero-order valence-electron chi connectivity index (χ0n) is 24.9. The minimum Gasteiger partial charge on any atom is -0.508 e. The molecule has 0 saturated carbocycles. The molecule has 0 unspecified atom stereocenters. The van der Waals surface area contributed by atoms with Gasteiger partial charge in [-0.2, -0.15) is 0 Å². The number of piperidine rings is 1. The van der Waals surface area contributed by atoms with E-state index in [0.717, 1.165) is 55.6 Å². The number of rotatable bonds is 10. The third-order valence-corrected chi connectivity index (χ3v) is 9.02. The number of hydrogen-bond acceptors (Lipinski definition) is 6. The third-order valence-electron chi connectivity index (χ3n) is 8.79. The number of likely N-dealkylation sites (tertiary alicyclic amines) is 1. The quantitative estimate of drug-likeness (QED) is 0.330. The fourth-order valence-corrected chi connectivity index (χ4v) is 6.48. The van der Waals surface area contributed by atoms with E-state index in [0.29, 0.717) is 55.7 Å². The van der Waals surface area contributed by atoms with Crippen LogP contribution < -0.4 is 10.5 Å². The van der Waals surface area contributed by atoms with Crippen LogP contribution in [0.4, 0.5) is 4.39 Å². The maximum Gasteiger partial charge on any atom is 0.239 e. The van der Waals surface area contributed by atoms with Gasteiger partial charge in [0.2, 0.25) is 5.91 Å². The van der Waals surface area contributed by atoms with E-state index >= 15 is 0 Å². The summed E-state index contributed by atoms with van der Waals surface area (Å²) in [7, 11) is 0. The fourth-order valence-electron chi connectivity index (χ4n) is 6.28. The van der Waals surface area contributed by atoms with Crippen LogP contribution in [0.5, 0.6) is 11.5 Å². The lowest BCUT2D eigenvalue weighted by Crippen LogP contribution is -2.55. The summed E-state index contributed by atoms with van der Waals surface area (Å²) in [5, 5.41) is 10.7. The van der Waals surface area contributed by atoms with Gasteiger partial charge in [0, 0.05) is 49.9 Å². The standard InChI is InChI=1S/C34H42ClFN4O3/c1-2-43-32-8-4-7-31(36)30(32)23-39-17-19-40(20-18-39)34(42)33(37)24-11-14-38(15-12-24)16-13-26-21-27(35)9-10-29(26)25-5-3-6-28(41)22-25/h3-10,21-22,24,33,41H,2,11-20,23,37H2,1H3/t33-/m1/s1. The molecule has 2 aliphatic heterocycles. The highest BCUT2D eigenvalue weighted by atomic mass is 35.5. The summed E-state index contributed by atoms with van der Waals surface area (Å²) < 4.78 is 20.1. The van der Waals surface area contributed by atoms with E-state index in [1.165, 1.54) is 6.07 Å². The van der Waals surface area contributed by atoms with Crippen LogP contribution in [-0.2, 0) is 17.8 Å². The van der Waals surface area contributed by atoms with E-state index in [2.05, 4.69) is 9.80 Å². The molecular formula is C34H42ClFN4O3. The van der Waals surface area contributed by atoms with Gasteiger partial charge in [-0.1, -0.05) is 35.9 Å². The number of piperazine rings is 1. The Labute approximate surface area is 259 Å². The maximum absolute atomic E-state index is 14.5. The van der Waals surface area contributed by atoms with Gasteiger partial charge in [-0.25, -0.2) is 4.39 Å². The number of hydrogen-bond donors (Lipinski definition) is 2. The minimum atomic E-state index is -0.505. The third kappa shape index (κ3) is 7.87. The molecule has 0 aromatic heterocycles. The van der Waals surface area contributed by atoms with Crippen molar-refractivity contribution in [2.24, 2.45) is 11.7 Å². The van der Waals surface area contributed by atoms with Crippen molar-refractivity contribution in [3.8, 4) is 22.6 Å². The van der Waals surface area contributed by atoms with Gasteiger partial charge in [-0.15, -0.1) is 0 Å². The zero-order chi connectivity index (χ0) is 30.3. The van der Waals surface area contributed by atoms with E-state index in [4.69, 9.17) is 22.1 Å². The molecule has 3 N–H and O–H groups in total. The van der Waals surface area contributed by atoms with Gasteiger partial charge in [-0.05, 0) is 98.3 Å². The Morgan fingerprint density at radius 2 is 1.77 bits per heavy atom. The predicted molar refractivity (Wildman–Crippen MR) is 169 cm³/mol. The lowest BCUT2D eigenvalue weighted by molar-refractivity contribution is -0.136. The largest absolute Gasteiger partial charge is 0.508 e. The van der Waals surface area contributed by atoms with E-state index in [-0.39, 0.29) is 23.4 Å². The van der Waals surface area contributed by atoms with Crippen molar-refractivity contribution >= 4 is 17.5 Å². The molecule has 0 radical (unpaired) electrons. The molecule has 1 atom stereocenters. The number of ether oxygens (including phenoxy) is 1. The molecule has 2 aliphatic rings. The monoisotopic (exact) mass is 608 g/mol. The SMILES string of the molecule is CCOc1cccc(F)c1CN1CCN(C(=O)[C@H](N)C2CCN(CCc3cc(Cl)ccc3-c3cccc(O)c3)CC2)CC1. The van der Waals surface area contributed by atoms with Crippen LogP contribution in [0.15, 0.2) is 60.7 Å². The van der Waals surface area contributed by atoms with Crippen molar-refractivity contribution in [1.29, 1.82) is 0 Å². The van der Waals surface area contributed by atoms with E-state index < -0.39 is 6.04 Å². The van der Waals surface area contributed by atoms with Gasteiger partial charge < -0.3 is 25.4 Å². The van der Waals surface area contributed by atoms with E-state index in [1.54, 1.807) is 24.3 Å². The van der Waals surface area contributed by atoms with Crippen LogP contribution in [0.3, 0.4) is 0 Å². The molecule has 1 amide bonds. The number of nitrogens with zero attached hydrogens (tertiary/aromatic N) is 3. The van der Waals surface area contributed by atoms with Crippen LogP contribution in [0.25, 0.3) is 11.1 Å². The minimum absolute atomic E-state index is 0.0219. The van der Waals surface area contributed by atoms with Gasteiger partial charge in [-0.3, -0.25) is 9.69 Å². The van der Waals surface area contributed by atoms with Crippen LogP contribution in [-0.4, -0.2) is 84.2 Å². The first kappa shape index (κ1) is 31.3. The number of benzene rings is 3. The zero-order valence-corrected chi connectivity index (χ0v) is 25.6. The molecule has 43 heavy (non-hydrogen) atoms. The van der Waals surface area contributed by atoms with Gasteiger partial charge in [0.15, 0.2) is 0 Å². The van der Waals surface area contributed by atoms with E-state index in [9.17, 15) is 14.3 Å². The summed E-state index contributed by atoms with van der Waals surface area (Å²) in [6.07, 6.45) is 2.61. The second-order valence-electron chi connectivity index (χ2n) is 11.6. The van der Waals surface area contributed by atoms with Crippen molar-refractivity contribution < 1.29 is 19.0 Å². The molecule has 0 bridgehead atoms. The molecule has 7 nitrogen and oxygen atoms in total. The van der Waals surface area contributed by atoms with Gasteiger partial charge in [0.25, 0.3) is 0 Å². The normalized spacial score (nSPS) is 17.6. The topological polar surface area (TPSA) is 82.3 Å². The second kappa shape index (κ2) is 14.5. The number of nitrogens with two attached hydrogens (primary N) is 1. The summed E-state index contributed by atoms with van der Waals surface area (Å²) in [5.74, 6) is 0.740. The molecule has 3 aromatic carbocycles. The Balaban J connectivity index is 1.09. The number of phenols is 1. The molecular weight excluding hydrogens is 567 g/mol. The molecule has 5 rings (SSSR count). The number of carbonyl (C=O) groups excluding carboxylic acids is 1. The molecule has 3 aromatic rings. The van der Waals surface area contributed by atoms with Gasteiger partial charge in [0.05, 0.1) is 12.6 Å². The van der Waals surface area contributed by atoms with Crippen molar-refractivity contribution in [3.05, 3.63) is 82.6 Å². The first-order valence-corrected chi connectivity index (χ1v) is 15.7. The fraction of sp³-hybridized carbons (Fsp3) is 0.441. The number of carbonyl (C=O) groups is 1. The summed E-state index contributed by atoms with van der Waals surface area (Å²) in [6.45, 7) is 8.03. The van der Waals surface area contributed by atoms with E-state index in [1.807, 2.05) is 42.2 Å². The second-order valence-corrected chi connectivity index (χ2v) is 12.0. The number of aromatic hydroxyl groups is 1. The lowest BCUT2D eigenvalue weighted by Gasteiger charge is -2.39. The molecule has 0 spiro atoms. The Morgan fingerprint density at radius 1 is 1.02 bits per heavy atom. The number of phenolic OH excluding ortho intramolecular Hbond substituents is 1. The maximum atomic E-state index is 14.5. The Hall–Kier alpha value is -3.17. The van der Waals surface area contributed by atoms with Crippen molar-refractivity contribution in [2.75, 3.05) is 52.4 Å². The summed E-state index contributed by atoms with van der Waals surface area (Å²) in [6, 6.07) is 17.6. The van der Waals surface area contributed by atoms with Crippen molar-refractivity contribution in [1.82, 2.24) is 14.7 Å². The Kier molecular flexibility index (Phi) is 10.6. The van der Waals surface area contributed by atoms with Crippen LogP contribution in [0, 0.1) is 11.7 Å². The first-order valence-electron chi connectivity index (χ1n) is 15.3.